The third-order valence-corrected chi connectivity index (χ3v) is 7.38. The van der Waals surface area contributed by atoms with E-state index in [9.17, 15) is 9.59 Å². The third-order valence-electron chi connectivity index (χ3n) is 7.38. The Balaban J connectivity index is 0.000000175. The number of rotatable bonds is 9. The Labute approximate surface area is 256 Å². The molecule has 4 heterocycles. The number of pyridine rings is 2. The molecule has 4 aromatic heterocycles. The second kappa shape index (κ2) is 14.0. The predicted molar refractivity (Wildman–Crippen MR) is 165 cm³/mol. The zero-order chi connectivity index (χ0) is 31.1. The predicted octanol–water partition coefficient (Wildman–Crippen LogP) is 3.57. The fraction of sp³-hybridized carbons (Fsp3) is 0.375. The smallest absolute Gasteiger partial charge is 0.325 e. The van der Waals surface area contributed by atoms with Crippen LogP contribution >= 0.6 is 0 Å². The molecule has 0 amide bonds. The molecule has 228 valence electrons. The maximum absolute atomic E-state index is 11.8. The highest BCUT2D eigenvalue weighted by atomic mass is 16.5. The van der Waals surface area contributed by atoms with Gasteiger partial charge in [-0.05, 0) is 69.7 Å². The van der Waals surface area contributed by atoms with Crippen molar-refractivity contribution in [1.82, 2.24) is 29.9 Å². The molecule has 44 heavy (non-hydrogen) atoms. The summed E-state index contributed by atoms with van der Waals surface area (Å²) in [4.78, 5) is 53.3. The lowest BCUT2D eigenvalue weighted by molar-refractivity contribution is -0.141. The number of carbonyl (C=O) groups excluding carboxylic acids is 1. The molecule has 0 aromatic carbocycles. The van der Waals surface area contributed by atoms with Gasteiger partial charge >= 0.3 is 11.9 Å². The normalized spacial score (nSPS) is 12.9. The molecule has 0 aliphatic heterocycles. The second-order valence-electron chi connectivity index (χ2n) is 10.6. The van der Waals surface area contributed by atoms with Gasteiger partial charge in [0.2, 0.25) is 0 Å². The van der Waals surface area contributed by atoms with Crippen LogP contribution in [-0.4, -0.2) is 80.7 Å². The number of hydrogen-bond acceptors (Lipinski definition) is 11. The van der Waals surface area contributed by atoms with Crippen LogP contribution in [0.2, 0.25) is 0 Å². The molecule has 4 aromatic rings. The van der Waals surface area contributed by atoms with Gasteiger partial charge in [-0.2, -0.15) is 0 Å². The average molecular weight is 597 g/mol. The fourth-order valence-corrected chi connectivity index (χ4v) is 5.43. The Kier molecular flexibility index (Phi) is 9.68. The number of hydrogen-bond donors (Lipinski definition) is 1. The van der Waals surface area contributed by atoms with Crippen LogP contribution in [0.25, 0.3) is 23.0 Å². The maximum Gasteiger partial charge on any atom is 0.325 e. The van der Waals surface area contributed by atoms with Crippen LogP contribution in [0.1, 0.15) is 42.3 Å². The molecule has 0 spiro atoms. The monoisotopic (exact) mass is 596 g/mol. The van der Waals surface area contributed by atoms with Gasteiger partial charge in [-0.3, -0.25) is 19.6 Å². The zero-order valence-corrected chi connectivity index (χ0v) is 25.2. The van der Waals surface area contributed by atoms with E-state index in [4.69, 9.17) is 9.84 Å². The van der Waals surface area contributed by atoms with Crippen molar-refractivity contribution in [2.45, 2.75) is 45.4 Å². The summed E-state index contributed by atoms with van der Waals surface area (Å²) >= 11 is 0. The standard InChI is InChI=1S/C17H20N4O2.C15H16N4O2/c1-3-23-15(22)11-21(2)17-12-7-6-9-13(12)19-16(20-17)14-8-4-5-10-18-14;1-19(9-13(20)21)15-10-5-4-7-11(10)17-14(18-15)12-6-2-3-8-16-12/h4-5,8,10H,3,6-7,9,11H2,1-2H3;2-3,6,8H,4-5,7,9H2,1H3,(H,20,21). The number of fused-ring (bicyclic) bond motifs is 2. The molecule has 12 heteroatoms. The van der Waals surface area contributed by atoms with Gasteiger partial charge in [0.05, 0.1) is 6.61 Å². The van der Waals surface area contributed by atoms with Crippen LogP contribution in [0.3, 0.4) is 0 Å². The summed E-state index contributed by atoms with van der Waals surface area (Å²) in [6, 6.07) is 11.3. The van der Waals surface area contributed by atoms with Crippen molar-refractivity contribution in [3.05, 3.63) is 71.3 Å². The van der Waals surface area contributed by atoms with Gasteiger partial charge in [0.15, 0.2) is 11.6 Å². The van der Waals surface area contributed by atoms with Gasteiger partial charge in [-0.25, -0.2) is 19.9 Å². The Morgan fingerprint density at radius 1 is 0.750 bits per heavy atom. The highest BCUT2D eigenvalue weighted by molar-refractivity contribution is 5.76. The molecule has 0 atom stereocenters. The molecule has 2 aliphatic rings. The van der Waals surface area contributed by atoms with E-state index in [1.54, 1.807) is 31.3 Å². The van der Waals surface area contributed by atoms with Crippen LogP contribution in [-0.2, 0) is 40.0 Å². The van der Waals surface area contributed by atoms with Gasteiger partial charge in [0.25, 0.3) is 0 Å². The Hall–Kier alpha value is -5.00. The number of carboxylic acid groups (broad SMARTS) is 1. The number of carboxylic acids is 1. The molecule has 0 unspecified atom stereocenters. The van der Waals surface area contributed by atoms with Gasteiger partial charge in [-0.15, -0.1) is 0 Å². The lowest BCUT2D eigenvalue weighted by atomic mass is 10.2. The third kappa shape index (κ3) is 7.13. The first kappa shape index (κ1) is 30.5. The SMILES string of the molecule is CCOC(=O)CN(C)c1nc(-c2ccccn2)nc2c1CCC2.CN(CC(=O)O)c1nc(-c2ccccn2)nc2c1CCC2. The fourth-order valence-electron chi connectivity index (χ4n) is 5.43. The number of anilines is 2. The topological polar surface area (TPSA) is 147 Å². The number of nitrogens with zero attached hydrogens (tertiary/aromatic N) is 8. The summed E-state index contributed by atoms with van der Waals surface area (Å²) in [5.74, 6) is 1.56. The first-order valence-electron chi connectivity index (χ1n) is 14.8. The summed E-state index contributed by atoms with van der Waals surface area (Å²) in [7, 11) is 3.61. The van der Waals surface area contributed by atoms with Crippen LogP contribution in [0.5, 0.6) is 0 Å². The van der Waals surface area contributed by atoms with Crippen molar-refractivity contribution < 1.29 is 19.4 Å². The van der Waals surface area contributed by atoms with Crippen LogP contribution in [0.4, 0.5) is 11.6 Å². The Morgan fingerprint density at radius 3 is 1.68 bits per heavy atom. The highest BCUT2D eigenvalue weighted by Gasteiger charge is 2.24. The van der Waals surface area contributed by atoms with Crippen molar-refractivity contribution >= 4 is 23.6 Å². The summed E-state index contributed by atoms with van der Waals surface area (Å²) in [6.07, 6.45) is 9.22. The number of likely N-dealkylation sites (N-methyl/N-ethyl adjacent to an activating group) is 2. The number of aliphatic carboxylic acids is 1. The maximum atomic E-state index is 11.8. The van der Waals surface area contributed by atoms with Crippen molar-refractivity contribution in [2.75, 3.05) is 43.6 Å². The molecule has 0 fully saturated rings. The van der Waals surface area contributed by atoms with Crippen molar-refractivity contribution in [1.29, 1.82) is 0 Å². The second-order valence-corrected chi connectivity index (χ2v) is 10.6. The first-order valence-corrected chi connectivity index (χ1v) is 14.8. The molecular formula is C32H36N8O4. The van der Waals surface area contributed by atoms with E-state index < -0.39 is 5.97 Å². The van der Waals surface area contributed by atoms with Crippen molar-refractivity contribution in [3.8, 4) is 23.0 Å². The van der Waals surface area contributed by atoms with Crippen molar-refractivity contribution in [2.24, 2.45) is 0 Å². The number of carbonyl (C=O) groups is 2. The summed E-state index contributed by atoms with van der Waals surface area (Å²) < 4.78 is 5.03. The van der Waals surface area contributed by atoms with E-state index in [0.29, 0.717) is 29.8 Å². The van der Waals surface area contributed by atoms with Crippen LogP contribution in [0, 0.1) is 0 Å². The molecule has 12 nitrogen and oxygen atoms in total. The summed E-state index contributed by atoms with van der Waals surface area (Å²) in [6.45, 7) is 2.29. The highest BCUT2D eigenvalue weighted by Crippen LogP contribution is 2.31. The molecule has 0 bridgehead atoms. The number of ether oxygens (including phenoxy) is 1. The minimum absolute atomic E-state index is 0.0783. The van der Waals surface area contributed by atoms with E-state index in [2.05, 4.69) is 29.9 Å². The molecule has 6 rings (SSSR count). The van der Waals surface area contributed by atoms with E-state index >= 15 is 0 Å². The van der Waals surface area contributed by atoms with E-state index in [-0.39, 0.29) is 19.1 Å². The molecule has 0 radical (unpaired) electrons. The van der Waals surface area contributed by atoms with Gasteiger partial charge in [0, 0.05) is 49.0 Å². The van der Waals surface area contributed by atoms with Gasteiger partial charge in [0.1, 0.15) is 36.1 Å². The minimum Gasteiger partial charge on any atom is -0.480 e. The average Bonchev–Trinajstić information content (AvgIpc) is 3.71. The molecular weight excluding hydrogens is 560 g/mol. The first-order chi connectivity index (χ1) is 21.3. The van der Waals surface area contributed by atoms with E-state index in [1.165, 1.54) is 0 Å². The minimum atomic E-state index is -0.873. The molecule has 2 aliphatic carbocycles. The van der Waals surface area contributed by atoms with Crippen LogP contribution in [0.15, 0.2) is 48.8 Å². The largest absolute Gasteiger partial charge is 0.480 e. The number of aromatic nitrogens is 6. The lowest BCUT2D eigenvalue weighted by Gasteiger charge is -2.20. The Morgan fingerprint density at radius 2 is 1.25 bits per heavy atom. The summed E-state index contributed by atoms with van der Waals surface area (Å²) in [5, 5.41) is 8.98. The van der Waals surface area contributed by atoms with E-state index in [0.717, 1.165) is 72.6 Å². The lowest BCUT2D eigenvalue weighted by Crippen LogP contribution is -2.29. The molecule has 0 saturated heterocycles. The quantitative estimate of drug-likeness (QED) is 0.282. The van der Waals surface area contributed by atoms with Gasteiger partial charge < -0.3 is 19.6 Å². The van der Waals surface area contributed by atoms with Gasteiger partial charge in [-0.1, -0.05) is 12.1 Å². The molecule has 0 saturated carbocycles. The van der Waals surface area contributed by atoms with Crippen LogP contribution < -0.4 is 9.80 Å². The summed E-state index contributed by atoms with van der Waals surface area (Å²) in [5.41, 5.74) is 5.73. The number of aryl methyl sites for hydroxylation is 2. The van der Waals surface area contributed by atoms with E-state index in [1.807, 2.05) is 48.3 Å². The number of esters is 1. The molecule has 1 N–H and O–H groups in total. The zero-order valence-electron chi connectivity index (χ0n) is 25.2. The van der Waals surface area contributed by atoms with Crippen molar-refractivity contribution in [3.63, 3.8) is 0 Å². The Bertz CT molecular complexity index is 1620.